The monoisotopic (exact) mass is 362 g/mol. The van der Waals surface area contributed by atoms with Crippen LogP contribution < -0.4 is 0 Å². The molecule has 0 saturated carbocycles. The minimum atomic E-state index is -4.49. The van der Waals surface area contributed by atoms with Crippen LogP contribution in [0.1, 0.15) is 13.8 Å². The van der Waals surface area contributed by atoms with Crippen molar-refractivity contribution in [3.8, 4) is 0 Å². The number of hydrogen-bond acceptors (Lipinski definition) is 4. The van der Waals surface area contributed by atoms with Crippen LogP contribution in [0.25, 0.3) is 0 Å². The molecular weight excluding hydrogens is 345 g/mol. The second-order valence-corrected chi connectivity index (χ2v) is 6.58. The van der Waals surface area contributed by atoms with Crippen LogP contribution in [0.15, 0.2) is 23.2 Å². The molecule has 0 N–H and O–H groups in total. The first-order valence-electron chi connectivity index (χ1n) is 5.64. The minimum absolute atomic E-state index is 0.0571. The molecule has 112 valence electrons. The van der Waals surface area contributed by atoms with Gasteiger partial charge in [0.1, 0.15) is 0 Å². The highest BCUT2D eigenvalue weighted by Gasteiger charge is 2.51. The van der Waals surface area contributed by atoms with E-state index < -0.39 is 13.3 Å². The molecule has 0 amide bonds. The highest BCUT2D eigenvalue weighted by atomic mass is 79.9. The fourth-order valence-electron chi connectivity index (χ4n) is 1.07. The summed E-state index contributed by atoms with van der Waals surface area (Å²) in [6, 6.07) is 0. The molecular formula is C11H18BrF2O4P. The zero-order valence-electron chi connectivity index (χ0n) is 10.9. The Kier molecular flexibility index (Phi) is 8.94. The molecule has 0 spiro atoms. The number of ether oxygens (including phenoxy) is 1. The van der Waals surface area contributed by atoms with E-state index in [-0.39, 0.29) is 26.4 Å². The van der Waals surface area contributed by atoms with Crippen molar-refractivity contribution in [2.45, 2.75) is 19.5 Å². The van der Waals surface area contributed by atoms with Crippen molar-refractivity contribution in [2.24, 2.45) is 0 Å². The van der Waals surface area contributed by atoms with Crippen molar-refractivity contribution in [2.75, 3.05) is 26.4 Å². The number of hydrogen-bond donors (Lipinski definition) is 0. The van der Waals surface area contributed by atoms with E-state index in [0.717, 1.165) is 6.08 Å². The molecule has 0 aromatic rings. The molecule has 0 saturated heterocycles. The van der Waals surface area contributed by atoms with E-state index in [2.05, 4.69) is 31.6 Å². The molecule has 0 unspecified atom stereocenters. The van der Waals surface area contributed by atoms with Gasteiger partial charge in [0.15, 0.2) is 0 Å². The minimum Gasteiger partial charge on any atom is -0.372 e. The van der Waals surface area contributed by atoms with Crippen LogP contribution >= 0.6 is 23.5 Å². The molecule has 0 aliphatic rings. The van der Waals surface area contributed by atoms with Crippen LogP contribution in [0.5, 0.6) is 0 Å². The van der Waals surface area contributed by atoms with E-state index in [1.165, 1.54) is 13.8 Å². The second-order valence-electron chi connectivity index (χ2n) is 3.36. The maximum atomic E-state index is 13.8. The fraction of sp³-hybridized carbons (Fsp3) is 0.636. The molecule has 0 aliphatic heterocycles. The summed E-state index contributed by atoms with van der Waals surface area (Å²) in [5, 5.41) is 0. The molecule has 0 aromatic carbocycles. The lowest BCUT2D eigenvalue weighted by Crippen LogP contribution is -2.17. The fourth-order valence-corrected chi connectivity index (χ4v) is 2.62. The molecule has 0 radical (unpaired) electrons. The average molecular weight is 363 g/mol. The summed E-state index contributed by atoms with van der Waals surface area (Å²) in [5.74, 6) is 0. The van der Waals surface area contributed by atoms with Crippen LogP contribution in [0.3, 0.4) is 0 Å². The van der Waals surface area contributed by atoms with E-state index in [1.807, 2.05) is 0 Å². The summed E-state index contributed by atoms with van der Waals surface area (Å²) in [6.45, 7) is 6.35. The summed E-state index contributed by atoms with van der Waals surface area (Å²) in [4.78, 5) is 0. The Bertz CT molecular complexity index is 351. The van der Waals surface area contributed by atoms with Crippen LogP contribution in [-0.4, -0.2) is 32.1 Å². The van der Waals surface area contributed by atoms with Gasteiger partial charge in [-0.2, -0.15) is 8.78 Å². The Morgan fingerprint density at radius 2 is 1.89 bits per heavy atom. The zero-order valence-corrected chi connectivity index (χ0v) is 13.4. The van der Waals surface area contributed by atoms with Gasteiger partial charge in [-0.3, -0.25) is 4.57 Å². The van der Waals surface area contributed by atoms with Crippen molar-refractivity contribution in [3.05, 3.63) is 23.2 Å². The summed E-state index contributed by atoms with van der Waals surface area (Å²) in [7, 11) is -4.49. The van der Waals surface area contributed by atoms with Crippen molar-refractivity contribution >= 4 is 23.5 Å². The topological polar surface area (TPSA) is 44.8 Å². The van der Waals surface area contributed by atoms with Crippen LogP contribution in [0.4, 0.5) is 8.78 Å². The van der Waals surface area contributed by atoms with Gasteiger partial charge in [-0.15, -0.1) is 0 Å². The molecule has 0 heterocycles. The van der Waals surface area contributed by atoms with E-state index in [1.54, 1.807) is 0 Å². The van der Waals surface area contributed by atoms with Crippen LogP contribution in [0.2, 0.25) is 0 Å². The summed E-state index contributed by atoms with van der Waals surface area (Å²) >= 11 is 3.06. The lowest BCUT2D eigenvalue weighted by atomic mass is 10.5. The summed E-state index contributed by atoms with van der Waals surface area (Å²) in [5.41, 5.74) is -3.69. The molecule has 4 nitrogen and oxygen atoms in total. The Balaban J connectivity index is 4.59. The predicted molar refractivity (Wildman–Crippen MR) is 73.8 cm³/mol. The first-order valence-corrected chi connectivity index (χ1v) is 7.98. The largest absolute Gasteiger partial charge is 0.403 e. The van der Waals surface area contributed by atoms with Crippen molar-refractivity contribution in [1.29, 1.82) is 0 Å². The number of alkyl halides is 2. The van der Waals surface area contributed by atoms with Gasteiger partial charge in [0.2, 0.25) is 0 Å². The summed E-state index contributed by atoms with van der Waals surface area (Å²) in [6.07, 6.45) is 1.55. The maximum Gasteiger partial charge on any atom is 0.403 e. The van der Waals surface area contributed by atoms with E-state index in [9.17, 15) is 13.3 Å². The SMILES string of the molecule is C=C(Br)COC/C=C/C(F)(F)P(=O)(OCC)OCC. The van der Waals surface area contributed by atoms with E-state index in [0.29, 0.717) is 10.6 Å². The third-order valence-corrected chi connectivity index (χ3v) is 4.06. The first kappa shape index (κ1) is 18.9. The molecule has 0 rings (SSSR count). The third kappa shape index (κ3) is 6.77. The van der Waals surface area contributed by atoms with Gasteiger partial charge in [-0.05, 0) is 19.9 Å². The first-order chi connectivity index (χ1) is 8.79. The van der Waals surface area contributed by atoms with Gasteiger partial charge in [-0.1, -0.05) is 28.6 Å². The van der Waals surface area contributed by atoms with Crippen molar-refractivity contribution in [3.63, 3.8) is 0 Å². The standard InChI is InChI=1S/C11H18BrF2O4P/c1-4-17-19(15,18-5-2)11(13,14)7-6-8-16-9-10(3)12/h6-7H,3-5,8-9H2,1-2H3/b7-6+. The number of rotatable bonds is 10. The Morgan fingerprint density at radius 3 is 2.32 bits per heavy atom. The average Bonchev–Trinajstić information content (AvgIpc) is 2.28. The molecule has 0 aliphatic carbocycles. The Morgan fingerprint density at radius 1 is 1.37 bits per heavy atom. The zero-order chi connectivity index (χ0) is 14.9. The lowest BCUT2D eigenvalue weighted by molar-refractivity contribution is 0.0783. The quantitative estimate of drug-likeness (QED) is 0.329. The Hall–Kier alpha value is -0.0700. The molecule has 0 fully saturated rings. The summed E-state index contributed by atoms with van der Waals surface area (Å²) < 4.78 is 54.2. The Labute approximate surface area is 120 Å². The van der Waals surface area contributed by atoms with Gasteiger partial charge < -0.3 is 13.8 Å². The van der Waals surface area contributed by atoms with Crippen LogP contribution in [0, 0.1) is 0 Å². The van der Waals surface area contributed by atoms with Crippen LogP contribution in [-0.2, 0) is 18.3 Å². The van der Waals surface area contributed by atoms with Gasteiger partial charge >= 0.3 is 13.3 Å². The predicted octanol–water partition coefficient (Wildman–Crippen LogP) is 4.33. The van der Waals surface area contributed by atoms with E-state index in [4.69, 9.17) is 4.74 Å². The van der Waals surface area contributed by atoms with Gasteiger partial charge in [0, 0.05) is 4.48 Å². The van der Waals surface area contributed by atoms with Gasteiger partial charge in [0.25, 0.3) is 0 Å². The highest BCUT2D eigenvalue weighted by Crippen LogP contribution is 2.62. The molecule has 0 aromatic heterocycles. The number of allylic oxidation sites excluding steroid dienone is 1. The molecule has 19 heavy (non-hydrogen) atoms. The number of halogens is 3. The normalized spacial score (nSPS) is 13.1. The lowest BCUT2D eigenvalue weighted by Gasteiger charge is -2.23. The third-order valence-electron chi connectivity index (χ3n) is 1.75. The molecule has 0 atom stereocenters. The van der Waals surface area contributed by atoms with Crippen molar-refractivity contribution in [1.82, 2.24) is 0 Å². The smallest absolute Gasteiger partial charge is 0.372 e. The molecule has 8 heteroatoms. The maximum absolute atomic E-state index is 13.8. The second kappa shape index (κ2) is 8.97. The highest BCUT2D eigenvalue weighted by molar-refractivity contribution is 9.11. The van der Waals surface area contributed by atoms with Gasteiger partial charge in [0.05, 0.1) is 26.4 Å². The van der Waals surface area contributed by atoms with E-state index >= 15 is 0 Å². The molecule has 0 bridgehead atoms. The van der Waals surface area contributed by atoms with Gasteiger partial charge in [-0.25, -0.2) is 0 Å². The van der Waals surface area contributed by atoms with Crippen molar-refractivity contribution < 1.29 is 27.1 Å².